The summed E-state index contributed by atoms with van der Waals surface area (Å²) in [5.74, 6) is 5.66. The molecule has 1 unspecified atom stereocenters. The zero-order chi connectivity index (χ0) is 22.9. The van der Waals surface area contributed by atoms with Crippen LogP contribution in [0.25, 0.3) is 11.8 Å². The highest BCUT2D eigenvalue weighted by Crippen LogP contribution is 2.43. The summed E-state index contributed by atoms with van der Waals surface area (Å²) in [6.45, 7) is 5.58. The first-order valence-corrected chi connectivity index (χ1v) is 10.7. The van der Waals surface area contributed by atoms with Gasteiger partial charge in [-0.1, -0.05) is 49.5 Å². The number of carbonyl (C=O) groups excluding carboxylic acids is 1. The maximum absolute atomic E-state index is 13.3. The Kier molecular flexibility index (Phi) is 5.82. The lowest BCUT2D eigenvalue weighted by atomic mass is 9.68. The van der Waals surface area contributed by atoms with Crippen LogP contribution >= 0.6 is 0 Å². The van der Waals surface area contributed by atoms with Crippen LogP contribution < -0.4 is 0 Å². The minimum absolute atomic E-state index is 0.0553. The Morgan fingerprint density at radius 1 is 1.25 bits per heavy atom. The Hall–Kier alpha value is -3.49. The van der Waals surface area contributed by atoms with Crippen LogP contribution in [0.1, 0.15) is 54.4 Å². The number of carbonyl (C=O) groups is 1. The van der Waals surface area contributed by atoms with Gasteiger partial charge < -0.3 is 5.11 Å². The van der Waals surface area contributed by atoms with Crippen LogP contribution in [0.3, 0.4) is 0 Å². The molecule has 1 aromatic heterocycles. The second kappa shape index (κ2) is 8.57. The summed E-state index contributed by atoms with van der Waals surface area (Å²) in [7, 11) is 0. The number of aromatic nitrogens is 2. The van der Waals surface area contributed by atoms with E-state index in [1.807, 2.05) is 13.0 Å². The SMILES string of the molecule is CCC1=Cc2c(cnn2-c2ccc(F)cc2)CC1(C)[C@@H](O)C#Cc1ccccc1C(C)=O. The quantitative estimate of drug-likeness (QED) is 0.471. The first kappa shape index (κ1) is 21.7. The van der Waals surface area contributed by atoms with Crippen molar-refractivity contribution in [1.82, 2.24) is 9.78 Å². The van der Waals surface area contributed by atoms with Gasteiger partial charge in [-0.05, 0) is 61.7 Å². The fourth-order valence-electron chi connectivity index (χ4n) is 4.29. The highest BCUT2D eigenvalue weighted by atomic mass is 19.1. The van der Waals surface area contributed by atoms with Crippen LogP contribution in [0.4, 0.5) is 4.39 Å². The number of benzene rings is 2. The molecule has 1 aliphatic rings. The number of Topliss-reactive ketones (excluding diaryl/α,β-unsaturated/α-hetero) is 1. The molecular formula is C27H25FN2O2. The average molecular weight is 429 g/mol. The van der Waals surface area contributed by atoms with E-state index in [4.69, 9.17) is 0 Å². The summed E-state index contributed by atoms with van der Waals surface area (Å²) in [4.78, 5) is 11.9. The minimum atomic E-state index is -0.920. The van der Waals surface area contributed by atoms with Gasteiger partial charge in [0.2, 0.25) is 0 Å². The van der Waals surface area contributed by atoms with Crippen LogP contribution in [0.15, 0.2) is 60.3 Å². The third kappa shape index (κ3) is 3.90. The number of hydrogen-bond acceptors (Lipinski definition) is 3. The van der Waals surface area contributed by atoms with E-state index < -0.39 is 11.5 Å². The lowest BCUT2D eigenvalue weighted by Gasteiger charge is -2.37. The molecule has 0 spiro atoms. The van der Waals surface area contributed by atoms with Crippen molar-refractivity contribution in [2.75, 3.05) is 0 Å². The molecule has 1 aliphatic carbocycles. The zero-order valence-corrected chi connectivity index (χ0v) is 18.4. The third-order valence-electron chi connectivity index (χ3n) is 6.19. The number of rotatable bonds is 4. The van der Waals surface area contributed by atoms with Gasteiger partial charge in [-0.2, -0.15) is 5.10 Å². The number of halogens is 1. The smallest absolute Gasteiger partial charge is 0.161 e. The van der Waals surface area contributed by atoms with Crippen LogP contribution in [-0.2, 0) is 6.42 Å². The van der Waals surface area contributed by atoms with E-state index in [0.29, 0.717) is 17.5 Å². The van der Waals surface area contributed by atoms with Gasteiger partial charge in [0.15, 0.2) is 5.78 Å². The third-order valence-corrected chi connectivity index (χ3v) is 6.19. The molecule has 1 heterocycles. The molecule has 3 aromatic rings. The van der Waals surface area contributed by atoms with Crippen LogP contribution in [0.2, 0.25) is 0 Å². The normalized spacial score (nSPS) is 18.2. The Balaban J connectivity index is 1.69. The number of ketones is 1. The van der Waals surface area contributed by atoms with Gasteiger partial charge in [-0.3, -0.25) is 4.79 Å². The first-order valence-electron chi connectivity index (χ1n) is 10.7. The molecule has 32 heavy (non-hydrogen) atoms. The van der Waals surface area contributed by atoms with Gasteiger partial charge in [0, 0.05) is 16.5 Å². The van der Waals surface area contributed by atoms with E-state index in [-0.39, 0.29) is 11.6 Å². The molecule has 0 saturated heterocycles. The minimum Gasteiger partial charge on any atom is -0.379 e. The predicted molar refractivity (Wildman–Crippen MR) is 123 cm³/mol. The Bertz CT molecular complexity index is 1260. The second-order valence-electron chi connectivity index (χ2n) is 8.33. The summed E-state index contributed by atoms with van der Waals surface area (Å²) in [5, 5.41) is 15.6. The van der Waals surface area contributed by atoms with Crippen molar-refractivity contribution >= 4 is 11.9 Å². The second-order valence-corrected chi connectivity index (χ2v) is 8.33. The lowest BCUT2D eigenvalue weighted by Crippen LogP contribution is -2.37. The molecule has 4 nitrogen and oxygen atoms in total. The molecule has 1 N–H and O–H groups in total. The van der Waals surface area contributed by atoms with Gasteiger partial charge in [-0.15, -0.1) is 0 Å². The van der Waals surface area contributed by atoms with E-state index in [9.17, 15) is 14.3 Å². The molecule has 162 valence electrons. The molecule has 4 rings (SSSR count). The lowest BCUT2D eigenvalue weighted by molar-refractivity contribution is 0.101. The maximum atomic E-state index is 13.3. The molecule has 0 amide bonds. The standard InChI is InChI=1S/C27H25FN2O2/c1-4-21-15-25-20(17-29-30(25)23-12-10-22(28)11-13-23)16-27(21,3)26(32)14-9-19-7-5-6-8-24(19)18(2)31/h5-8,10-13,15,17,26,32H,4,16H2,1-3H3/t26-,27?/m0/s1. The largest absolute Gasteiger partial charge is 0.379 e. The fourth-order valence-corrected chi connectivity index (χ4v) is 4.29. The van der Waals surface area contributed by atoms with Gasteiger partial charge >= 0.3 is 0 Å². The number of hydrogen-bond donors (Lipinski definition) is 1. The number of aliphatic hydroxyl groups is 1. The van der Waals surface area contributed by atoms with Crippen molar-refractivity contribution in [2.45, 2.75) is 39.7 Å². The summed E-state index contributed by atoms with van der Waals surface area (Å²) >= 11 is 0. The van der Waals surface area contributed by atoms with E-state index in [1.165, 1.54) is 19.1 Å². The van der Waals surface area contributed by atoms with Crippen LogP contribution in [0, 0.1) is 23.1 Å². The van der Waals surface area contributed by atoms with E-state index in [0.717, 1.165) is 28.9 Å². The number of aliphatic hydroxyl groups excluding tert-OH is 1. The molecule has 2 atom stereocenters. The van der Waals surface area contributed by atoms with E-state index in [2.05, 4.69) is 29.9 Å². The van der Waals surface area contributed by atoms with Crippen molar-refractivity contribution in [3.8, 4) is 17.5 Å². The first-order chi connectivity index (χ1) is 15.3. The Morgan fingerprint density at radius 2 is 1.97 bits per heavy atom. The number of nitrogens with zero attached hydrogens (tertiary/aromatic N) is 2. The van der Waals surface area contributed by atoms with Crippen molar-refractivity contribution in [3.05, 3.63) is 88.5 Å². The van der Waals surface area contributed by atoms with E-state index >= 15 is 0 Å². The zero-order valence-electron chi connectivity index (χ0n) is 18.4. The van der Waals surface area contributed by atoms with Crippen molar-refractivity contribution in [2.24, 2.45) is 5.41 Å². The molecule has 5 heteroatoms. The Labute approximate surface area is 187 Å². The predicted octanol–water partition coefficient (Wildman–Crippen LogP) is 4.98. The van der Waals surface area contributed by atoms with Crippen molar-refractivity contribution < 1.29 is 14.3 Å². The molecule has 0 aliphatic heterocycles. The molecule has 0 fully saturated rings. The van der Waals surface area contributed by atoms with Gasteiger partial charge in [0.1, 0.15) is 11.9 Å². The highest BCUT2D eigenvalue weighted by molar-refractivity contribution is 5.96. The summed E-state index contributed by atoms with van der Waals surface area (Å²) in [5.41, 5.74) is 4.36. The Morgan fingerprint density at radius 3 is 2.66 bits per heavy atom. The summed E-state index contributed by atoms with van der Waals surface area (Å²) in [6.07, 6.45) is 4.26. The molecule has 0 radical (unpaired) electrons. The van der Waals surface area contributed by atoms with Gasteiger partial charge in [0.25, 0.3) is 0 Å². The summed E-state index contributed by atoms with van der Waals surface area (Å²) < 4.78 is 15.1. The van der Waals surface area contributed by atoms with Gasteiger partial charge in [-0.25, -0.2) is 9.07 Å². The molecule has 0 saturated carbocycles. The average Bonchev–Trinajstić information content (AvgIpc) is 3.19. The summed E-state index contributed by atoms with van der Waals surface area (Å²) in [6, 6.07) is 13.4. The van der Waals surface area contributed by atoms with Crippen molar-refractivity contribution in [3.63, 3.8) is 0 Å². The topological polar surface area (TPSA) is 55.1 Å². The monoisotopic (exact) mass is 428 g/mol. The number of fused-ring (bicyclic) bond motifs is 1. The van der Waals surface area contributed by atoms with Crippen LogP contribution in [-0.4, -0.2) is 26.8 Å². The molecule has 0 bridgehead atoms. The molecular weight excluding hydrogens is 403 g/mol. The van der Waals surface area contributed by atoms with Crippen LogP contribution in [0.5, 0.6) is 0 Å². The highest BCUT2D eigenvalue weighted by Gasteiger charge is 2.39. The van der Waals surface area contributed by atoms with E-state index in [1.54, 1.807) is 41.2 Å². The van der Waals surface area contributed by atoms with Crippen molar-refractivity contribution in [1.29, 1.82) is 0 Å². The van der Waals surface area contributed by atoms with Gasteiger partial charge in [0.05, 0.1) is 17.6 Å². The fraction of sp³-hybridized carbons (Fsp3) is 0.259. The molecule has 2 aromatic carbocycles. The maximum Gasteiger partial charge on any atom is 0.161 e.